The van der Waals surface area contributed by atoms with Gasteiger partial charge < -0.3 is 10.6 Å². The Bertz CT molecular complexity index is 390. The highest BCUT2D eigenvalue weighted by atomic mass is 35.5. The average Bonchev–Trinajstić information content (AvgIpc) is 2.31. The molecule has 1 rings (SSSR count). The Morgan fingerprint density at radius 1 is 1.16 bits per heavy atom. The summed E-state index contributed by atoms with van der Waals surface area (Å²) in [5.74, 6) is 0.718. The third-order valence-electron chi connectivity index (χ3n) is 2.90. The van der Waals surface area contributed by atoms with E-state index < -0.39 is 0 Å². The van der Waals surface area contributed by atoms with Crippen LogP contribution in [0.25, 0.3) is 0 Å². The van der Waals surface area contributed by atoms with E-state index in [2.05, 4.69) is 24.5 Å². The maximum atomic E-state index is 11.7. The number of amides is 2. The monoisotopic (exact) mass is 282 g/mol. The van der Waals surface area contributed by atoms with Gasteiger partial charge in [0.2, 0.25) is 0 Å². The Morgan fingerprint density at radius 2 is 1.79 bits per heavy atom. The number of rotatable bonds is 6. The number of benzene rings is 1. The van der Waals surface area contributed by atoms with Gasteiger partial charge in [0.15, 0.2) is 0 Å². The van der Waals surface area contributed by atoms with Crippen molar-refractivity contribution in [2.75, 3.05) is 5.32 Å². The molecule has 0 bridgehead atoms. The molecule has 0 heterocycles. The second-order valence-electron chi connectivity index (χ2n) is 5.33. The number of nitrogens with one attached hydrogen (secondary N) is 2. The SMILES string of the molecule is CC(C)CCC[C@@H](C)NC(=O)Nc1ccc(Cl)cc1. The second kappa shape index (κ2) is 8.05. The van der Waals surface area contributed by atoms with Gasteiger partial charge in [-0.1, -0.05) is 38.3 Å². The highest BCUT2D eigenvalue weighted by molar-refractivity contribution is 6.30. The third kappa shape index (κ3) is 7.06. The summed E-state index contributed by atoms with van der Waals surface area (Å²) in [7, 11) is 0. The predicted molar refractivity (Wildman–Crippen MR) is 81.8 cm³/mol. The van der Waals surface area contributed by atoms with E-state index >= 15 is 0 Å². The summed E-state index contributed by atoms with van der Waals surface area (Å²) in [6, 6.07) is 7.09. The maximum absolute atomic E-state index is 11.7. The molecule has 2 amide bonds. The summed E-state index contributed by atoms with van der Waals surface area (Å²) >= 11 is 5.79. The molecule has 0 unspecified atom stereocenters. The fourth-order valence-electron chi connectivity index (χ4n) is 1.83. The first-order valence-electron chi connectivity index (χ1n) is 6.80. The summed E-state index contributed by atoms with van der Waals surface area (Å²) in [4.78, 5) is 11.7. The molecule has 0 fully saturated rings. The van der Waals surface area contributed by atoms with Crippen LogP contribution in [0.4, 0.5) is 10.5 Å². The third-order valence-corrected chi connectivity index (χ3v) is 3.15. The van der Waals surface area contributed by atoms with Crippen molar-refractivity contribution in [1.82, 2.24) is 5.32 Å². The lowest BCUT2D eigenvalue weighted by molar-refractivity contribution is 0.248. The first kappa shape index (κ1) is 15.8. The van der Waals surface area contributed by atoms with E-state index in [9.17, 15) is 4.79 Å². The Kier molecular flexibility index (Phi) is 6.71. The lowest BCUT2D eigenvalue weighted by atomic mass is 10.0. The number of carbonyl (C=O) groups excluding carboxylic acids is 1. The molecule has 0 saturated heterocycles. The van der Waals surface area contributed by atoms with Gasteiger partial charge in [0.1, 0.15) is 0 Å². The maximum Gasteiger partial charge on any atom is 0.319 e. The van der Waals surface area contributed by atoms with E-state index in [1.807, 2.05) is 6.92 Å². The zero-order chi connectivity index (χ0) is 14.3. The van der Waals surface area contributed by atoms with Gasteiger partial charge in [-0.2, -0.15) is 0 Å². The van der Waals surface area contributed by atoms with Crippen LogP contribution in [-0.2, 0) is 0 Å². The molecule has 1 atom stereocenters. The molecule has 0 saturated carbocycles. The lowest BCUT2D eigenvalue weighted by Gasteiger charge is -2.15. The van der Waals surface area contributed by atoms with Gasteiger partial charge in [0.25, 0.3) is 0 Å². The average molecular weight is 283 g/mol. The number of hydrogen-bond donors (Lipinski definition) is 2. The van der Waals surface area contributed by atoms with Crippen molar-refractivity contribution in [3.63, 3.8) is 0 Å². The van der Waals surface area contributed by atoms with Crippen molar-refractivity contribution >= 4 is 23.3 Å². The zero-order valence-corrected chi connectivity index (χ0v) is 12.6. The van der Waals surface area contributed by atoms with Gasteiger partial charge in [0, 0.05) is 16.8 Å². The molecule has 19 heavy (non-hydrogen) atoms. The van der Waals surface area contributed by atoms with Crippen molar-refractivity contribution in [1.29, 1.82) is 0 Å². The van der Waals surface area contributed by atoms with E-state index in [-0.39, 0.29) is 12.1 Å². The largest absolute Gasteiger partial charge is 0.335 e. The molecule has 0 spiro atoms. The topological polar surface area (TPSA) is 41.1 Å². The van der Waals surface area contributed by atoms with Gasteiger partial charge in [-0.05, 0) is 43.5 Å². The first-order chi connectivity index (χ1) is 8.97. The van der Waals surface area contributed by atoms with E-state index in [1.165, 1.54) is 6.42 Å². The standard InChI is InChI=1S/C15H23ClN2O/c1-11(2)5-4-6-12(3)17-15(19)18-14-9-7-13(16)8-10-14/h7-12H,4-6H2,1-3H3,(H2,17,18,19)/t12-/m1/s1. The minimum Gasteiger partial charge on any atom is -0.335 e. The minimum absolute atomic E-state index is 0.167. The van der Waals surface area contributed by atoms with E-state index in [0.29, 0.717) is 5.02 Å². The molecule has 3 nitrogen and oxygen atoms in total. The molecule has 0 aliphatic rings. The summed E-state index contributed by atoms with van der Waals surface area (Å²) in [6.45, 7) is 6.46. The quantitative estimate of drug-likeness (QED) is 0.782. The fourth-order valence-corrected chi connectivity index (χ4v) is 1.95. The molecule has 0 aliphatic heterocycles. The Hall–Kier alpha value is -1.22. The van der Waals surface area contributed by atoms with Crippen LogP contribution in [0.2, 0.25) is 5.02 Å². The van der Waals surface area contributed by atoms with E-state index in [4.69, 9.17) is 11.6 Å². The van der Waals surface area contributed by atoms with Gasteiger partial charge in [-0.3, -0.25) is 0 Å². The van der Waals surface area contributed by atoms with Crippen LogP contribution in [0, 0.1) is 5.92 Å². The van der Waals surface area contributed by atoms with Gasteiger partial charge in [-0.25, -0.2) is 4.79 Å². The molecule has 1 aromatic rings. The van der Waals surface area contributed by atoms with E-state index in [0.717, 1.165) is 24.4 Å². The van der Waals surface area contributed by atoms with Crippen LogP contribution in [-0.4, -0.2) is 12.1 Å². The van der Waals surface area contributed by atoms with Gasteiger partial charge in [-0.15, -0.1) is 0 Å². The molecule has 1 aromatic carbocycles. The molecule has 0 radical (unpaired) electrons. The molecule has 106 valence electrons. The number of halogens is 1. The second-order valence-corrected chi connectivity index (χ2v) is 5.77. The molecule has 2 N–H and O–H groups in total. The fraction of sp³-hybridized carbons (Fsp3) is 0.533. The van der Waals surface area contributed by atoms with Crippen LogP contribution >= 0.6 is 11.6 Å². The summed E-state index contributed by atoms with van der Waals surface area (Å²) in [6.07, 6.45) is 3.34. The highest BCUT2D eigenvalue weighted by Crippen LogP contribution is 2.13. The molecule has 0 aliphatic carbocycles. The molecular formula is C15H23ClN2O. The number of hydrogen-bond acceptors (Lipinski definition) is 1. The molecule has 0 aromatic heterocycles. The normalized spacial score (nSPS) is 12.3. The lowest BCUT2D eigenvalue weighted by Crippen LogP contribution is -2.36. The first-order valence-corrected chi connectivity index (χ1v) is 7.18. The van der Waals surface area contributed by atoms with Gasteiger partial charge >= 0.3 is 6.03 Å². The van der Waals surface area contributed by atoms with Crippen LogP contribution in [0.5, 0.6) is 0 Å². The summed E-state index contributed by atoms with van der Waals surface area (Å²) in [5, 5.41) is 6.38. The van der Waals surface area contributed by atoms with E-state index in [1.54, 1.807) is 24.3 Å². The Morgan fingerprint density at radius 3 is 2.37 bits per heavy atom. The zero-order valence-electron chi connectivity index (χ0n) is 11.9. The highest BCUT2D eigenvalue weighted by Gasteiger charge is 2.07. The molecular weight excluding hydrogens is 260 g/mol. The molecule has 4 heteroatoms. The van der Waals surface area contributed by atoms with Crippen LogP contribution in [0.3, 0.4) is 0 Å². The van der Waals surface area contributed by atoms with Gasteiger partial charge in [0.05, 0.1) is 0 Å². The minimum atomic E-state index is -0.167. The Balaban J connectivity index is 2.28. The number of anilines is 1. The van der Waals surface area contributed by atoms with Crippen molar-refractivity contribution in [2.24, 2.45) is 5.92 Å². The van der Waals surface area contributed by atoms with Crippen molar-refractivity contribution in [3.8, 4) is 0 Å². The number of urea groups is 1. The number of carbonyl (C=O) groups is 1. The van der Waals surface area contributed by atoms with Crippen molar-refractivity contribution in [3.05, 3.63) is 29.3 Å². The van der Waals surface area contributed by atoms with Crippen molar-refractivity contribution in [2.45, 2.75) is 46.1 Å². The van der Waals surface area contributed by atoms with Crippen LogP contribution in [0.1, 0.15) is 40.0 Å². The Labute approximate surface area is 120 Å². The van der Waals surface area contributed by atoms with Crippen LogP contribution in [0.15, 0.2) is 24.3 Å². The summed E-state index contributed by atoms with van der Waals surface area (Å²) < 4.78 is 0. The smallest absolute Gasteiger partial charge is 0.319 e. The predicted octanol–water partition coefficient (Wildman–Crippen LogP) is 4.68. The van der Waals surface area contributed by atoms with Crippen LogP contribution < -0.4 is 10.6 Å². The van der Waals surface area contributed by atoms with Crippen molar-refractivity contribution < 1.29 is 4.79 Å². The summed E-state index contributed by atoms with van der Waals surface area (Å²) in [5.41, 5.74) is 0.747.